The molecule has 3 aromatic heterocycles. The Hall–Kier alpha value is -3.85. The molecule has 19 heteroatoms. The Morgan fingerprint density at radius 1 is 1.15 bits per heavy atom. The Labute approximate surface area is 227 Å². The van der Waals surface area contributed by atoms with Gasteiger partial charge in [0.1, 0.15) is 17.7 Å². The molecule has 0 aliphatic carbocycles. The van der Waals surface area contributed by atoms with Crippen molar-refractivity contribution in [2.75, 3.05) is 17.7 Å². The number of imidazole rings is 1. The predicted molar refractivity (Wildman–Crippen MR) is 137 cm³/mol. The average molecular weight is 581 g/mol. The van der Waals surface area contributed by atoms with E-state index in [4.69, 9.17) is 28.0 Å². The molecule has 1 aromatic carbocycles. The van der Waals surface area contributed by atoms with Crippen LogP contribution >= 0.6 is 0 Å². The van der Waals surface area contributed by atoms with Crippen LogP contribution < -0.4 is 11.1 Å². The number of nitrogens with zero attached hydrogens (tertiary/aromatic N) is 8. The molecule has 18 nitrogen and oxygen atoms in total. The zero-order valence-electron chi connectivity index (χ0n) is 21.0. The van der Waals surface area contributed by atoms with Gasteiger partial charge >= 0.3 is 10.4 Å². The Balaban J connectivity index is 0.000000681. The van der Waals surface area contributed by atoms with E-state index in [2.05, 4.69) is 35.7 Å². The molecule has 1 aliphatic rings. The molecule has 216 valence electrons. The van der Waals surface area contributed by atoms with Gasteiger partial charge in [-0.05, 0) is 24.1 Å². The third kappa shape index (κ3) is 6.83. The number of nitrogen functional groups attached to an aromatic ring is 1. The molecule has 8 N–H and O–H groups in total. The second-order valence-electron chi connectivity index (χ2n) is 8.68. The van der Waals surface area contributed by atoms with E-state index in [0.717, 1.165) is 5.56 Å². The maximum atomic E-state index is 10.7. The van der Waals surface area contributed by atoms with Crippen LogP contribution in [0, 0.1) is 0 Å². The van der Waals surface area contributed by atoms with Gasteiger partial charge in [0.15, 0.2) is 23.8 Å². The minimum absolute atomic E-state index is 0.116. The lowest BCUT2D eigenvalue weighted by atomic mass is 10.1. The molecule has 5 atom stereocenters. The van der Waals surface area contributed by atoms with Crippen molar-refractivity contribution in [1.82, 2.24) is 39.7 Å². The highest BCUT2D eigenvalue weighted by molar-refractivity contribution is 7.79. The van der Waals surface area contributed by atoms with E-state index in [1.54, 1.807) is 0 Å². The van der Waals surface area contributed by atoms with Crippen LogP contribution in [0.4, 0.5) is 11.8 Å². The number of anilines is 2. The summed E-state index contributed by atoms with van der Waals surface area (Å²) in [5, 5.41) is 46.3. The Morgan fingerprint density at radius 2 is 1.85 bits per heavy atom. The van der Waals surface area contributed by atoms with Gasteiger partial charge in [-0.3, -0.25) is 13.7 Å². The maximum Gasteiger partial charge on any atom is 0.394 e. The average Bonchev–Trinajstić information content (AvgIpc) is 3.62. The summed E-state index contributed by atoms with van der Waals surface area (Å²) in [5.74, 6) is 0.460. The number of fused-ring (bicyclic) bond motifs is 1. The lowest BCUT2D eigenvalue weighted by Gasteiger charge is -2.18. The summed E-state index contributed by atoms with van der Waals surface area (Å²) >= 11 is 0. The number of benzene rings is 1. The number of hydrogen-bond acceptors (Lipinski definition) is 14. The molecule has 0 spiro atoms. The summed E-state index contributed by atoms with van der Waals surface area (Å²) in [5.41, 5.74) is 7.76. The number of aromatic nitrogens is 8. The van der Waals surface area contributed by atoms with Crippen LogP contribution in [-0.4, -0.2) is 97.4 Å². The minimum Gasteiger partial charge on any atom is -0.394 e. The number of rotatable bonds is 8. The molecule has 0 bridgehead atoms. The number of tetrazole rings is 1. The first-order chi connectivity index (χ1) is 19.0. The monoisotopic (exact) mass is 580 g/mol. The number of ether oxygens (including phenoxy) is 1. The van der Waals surface area contributed by atoms with Crippen molar-refractivity contribution >= 4 is 33.3 Å². The van der Waals surface area contributed by atoms with Gasteiger partial charge < -0.3 is 31.1 Å². The van der Waals surface area contributed by atoms with Gasteiger partial charge in [0, 0.05) is 0 Å². The molecule has 5 rings (SSSR count). The van der Waals surface area contributed by atoms with Gasteiger partial charge in [0.05, 0.1) is 25.5 Å². The van der Waals surface area contributed by atoms with Crippen LogP contribution in [-0.2, 0) is 28.1 Å². The summed E-state index contributed by atoms with van der Waals surface area (Å²) < 4.78 is 39.0. The fourth-order valence-electron chi connectivity index (χ4n) is 4.04. The number of aliphatic hydroxyl groups excluding tert-OH is 3. The topological polar surface area (TPSA) is 270 Å². The molecule has 0 saturated carbocycles. The van der Waals surface area contributed by atoms with Gasteiger partial charge in [-0.15, -0.1) is 10.2 Å². The van der Waals surface area contributed by atoms with E-state index in [0.29, 0.717) is 24.1 Å². The van der Waals surface area contributed by atoms with Crippen molar-refractivity contribution in [2.24, 2.45) is 0 Å². The highest BCUT2D eigenvalue weighted by atomic mass is 32.3. The van der Waals surface area contributed by atoms with E-state index in [-0.39, 0.29) is 30.2 Å². The molecular formula is C21H28N10O8S. The first-order valence-corrected chi connectivity index (χ1v) is 13.3. The van der Waals surface area contributed by atoms with Crippen LogP contribution in [0.2, 0.25) is 0 Å². The van der Waals surface area contributed by atoms with E-state index in [1.165, 1.54) is 15.7 Å². The zero-order valence-corrected chi connectivity index (χ0v) is 21.8. The number of aliphatic hydroxyl groups is 3. The smallest absolute Gasteiger partial charge is 0.394 e. The molecule has 0 radical (unpaired) electrons. The summed E-state index contributed by atoms with van der Waals surface area (Å²) in [4.78, 5) is 14.4. The van der Waals surface area contributed by atoms with Gasteiger partial charge in [0.2, 0.25) is 11.8 Å². The lowest BCUT2D eigenvalue weighted by molar-refractivity contribution is -0.0384. The van der Waals surface area contributed by atoms with Crippen molar-refractivity contribution in [3.8, 4) is 0 Å². The van der Waals surface area contributed by atoms with Crippen LogP contribution in [0.3, 0.4) is 0 Å². The standard InChI is InChI=1S/C21H26N10O4.H2O4S/c1-2-31-28-18(27-29-31)16-14(33)15(34)20(35-16)30-10-23-13-17(22)25-21(26-19(13)30)24-12(9-32)8-11-6-4-3-5-7-11;1-5(2,3)4/h3-7,10,12,14-16,20,32-34H,2,8-9H2,1H3,(H3,22,24,25,26);(H2,1,2,3,4)/t12-,14-,15+,16-,20+;/m0./s1. The summed E-state index contributed by atoms with van der Waals surface area (Å²) in [6, 6.07) is 9.34. The van der Waals surface area contributed by atoms with Crippen molar-refractivity contribution in [3.05, 3.63) is 48.0 Å². The number of aryl methyl sites for hydroxylation is 1. The highest BCUT2D eigenvalue weighted by Gasteiger charge is 2.47. The lowest BCUT2D eigenvalue weighted by Crippen LogP contribution is -2.29. The molecule has 0 unspecified atom stereocenters. The van der Waals surface area contributed by atoms with E-state index in [9.17, 15) is 15.3 Å². The van der Waals surface area contributed by atoms with Crippen molar-refractivity contribution in [2.45, 2.75) is 50.5 Å². The molecule has 1 aliphatic heterocycles. The Kier molecular flexibility index (Phi) is 8.83. The first kappa shape index (κ1) is 29.1. The number of nitrogens with one attached hydrogen (secondary N) is 1. The largest absolute Gasteiger partial charge is 0.394 e. The normalized spacial score (nSPS) is 21.6. The zero-order chi connectivity index (χ0) is 29.0. The fraction of sp³-hybridized carbons (Fsp3) is 0.429. The summed E-state index contributed by atoms with van der Waals surface area (Å²) in [6.07, 6.45) is -2.69. The number of nitrogens with two attached hydrogens (primary N) is 1. The predicted octanol–water partition coefficient (Wildman–Crippen LogP) is -1.23. The van der Waals surface area contributed by atoms with Gasteiger partial charge in [0.25, 0.3) is 0 Å². The highest BCUT2D eigenvalue weighted by Crippen LogP contribution is 2.38. The molecule has 1 fully saturated rings. The van der Waals surface area contributed by atoms with E-state index >= 15 is 0 Å². The minimum atomic E-state index is -4.67. The van der Waals surface area contributed by atoms with Crippen LogP contribution in [0.15, 0.2) is 36.7 Å². The molecule has 4 heterocycles. The van der Waals surface area contributed by atoms with Crippen molar-refractivity contribution in [3.63, 3.8) is 0 Å². The summed E-state index contributed by atoms with van der Waals surface area (Å²) in [6.45, 7) is 2.20. The molecular weight excluding hydrogens is 552 g/mol. The molecule has 1 saturated heterocycles. The quantitative estimate of drug-likeness (QED) is 0.120. The van der Waals surface area contributed by atoms with Crippen molar-refractivity contribution in [1.29, 1.82) is 0 Å². The van der Waals surface area contributed by atoms with Crippen molar-refractivity contribution < 1.29 is 37.6 Å². The summed E-state index contributed by atoms with van der Waals surface area (Å²) in [7, 11) is -4.67. The van der Waals surface area contributed by atoms with Gasteiger partial charge in [-0.25, -0.2) is 4.98 Å². The second kappa shape index (κ2) is 12.1. The third-order valence-electron chi connectivity index (χ3n) is 5.85. The van der Waals surface area contributed by atoms with E-state index in [1.807, 2.05) is 37.3 Å². The third-order valence-corrected chi connectivity index (χ3v) is 5.85. The van der Waals surface area contributed by atoms with Crippen LogP contribution in [0.1, 0.15) is 30.6 Å². The van der Waals surface area contributed by atoms with Crippen LogP contribution in [0.25, 0.3) is 11.2 Å². The Morgan fingerprint density at radius 3 is 2.48 bits per heavy atom. The van der Waals surface area contributed by atoms with E-state index < -0.39 is 34.9 Å². The van der Waals surface area contributed by atoms with Crippen LogP contribution in [0.5, 0.6) is 0 Å². The Bertz CT molecular complexity index is 1520. The van der Waals surface area contributed by atoms with Gasteiger partial charge in [-0.1, -0.05) is 30.3 Å². The number of hydrogen-bond donors (Lipinski definition) is 7. The van der Waals surface area contributed by atoms with Gasteiger partial charge in [-0.2, -0.15) is 23.2 Å². The second-order valence-corrected chi connectivity index (χ2v) is 9.58. The molecule has 0 amide bonds. The SMILES string of the molecule is CCn1nnc([C@H]2O[C@@H](n3cnc4c(N)nc(N[C@H](CO)Cc5ccccc5)nc43)[C@H](O)[C@@H]2O)n1.O=S(=O)(O)O. The maximum absolute atomic E-state index is 10.7. The molecule has 40 heavy (non-hydrogen) atoms. The molecule has 4 aromatic rings. The fourth-order valence-corrected chi connectivity index (χ4v) is 4.04. The first-order valence-electron chi connectivity index (χ1n) is 11.9.